The van der Waals surface area contributed by atoms with E-state index in [2.05, 4.69) is 44.3 Å². The first-order chi connectivity index (χ1) is 12.6. The third kappa shape index (κ3) is 2.92. The molecule has 136 valence electrons. The second kappa shape index (κ2) is 6.20. The minimum atomic E-state index is 0.603. The lowest BCUT2D eigenvalue weighted by Gasteiger charge is -2.37. The van der Waals surface area contributed by atoms with Gasteiger partial charge >= 0.3 is 0 Å². The molecule has 0 amide bonds. The van der Waals surface area contributed by atoms with E-state index < -0.39 is 0 Å². The van der Waals surface area contributed by atoms with Crippen LogP contribution in [-0.4, -0.2) is 53.1 Å². The van der Waals surface area contributed by atoms with Crippen LogP contribution in [0.2, 0.25) is 0 Å². The Hall–Kier alpha value is -2.21. The molecule has 1 saturated carbocycles. The molecule has 2 aromatic heterocycles. The summed E-state index contributed by atoms with van der Waals surface area (Å²) >= 11 is 0. The van der Waals surface area contributed by atoms with Crippen molar-refractivity contribution in [3.05, 3.63) is 35.8 Å². The highest BCUT2D eigenvalue weighted by atomic mass is 15.2. The minimum Gasteiger partial charge on any atom is -0.356 e. The molecular weight excluding hydrogens is 324 g/mol. The number of aryl methyl sites for hydroxylation is 1. The number of pyridine rings is 1. The first kappa shape index (κ1) is 16.0. The van der Waals surface area contributed by atoms with Crippen molar-refractivity contribution < 1.29 is 0 Å². The molecule has 4 heterocycles. The zero-order chi connectivity index (χ0) is 17.7. The molecule has 3 fully saturated rings. The van der Waals surface area contributed by atoms with Gasteiger partial charge in [-0.25, -0.2) is 9.97 Å². The van der Waals surface area contributed by atoms with Crippen molar-refractivity contribution in [3.8, 4) is 0 Å². The molecule has 1 aliphatic carbocycles. The van der Waals surface area contributed by atoms with Gasteiger partial charge in [0.05, 0.1) is 18.1 Å². The molecule has 6 nitrogen and oxygen atoms in total. The van der Waals surface area contributed by atoms with E-state index in [9.17, 15) is 0 Å². The third-order valence-corrected chi connectivity index (χ3v) is 6.22. The fraction of sp³-hybridized carbons (Fsp3) is 0.550. The summed E-state index contributed by atoms with van der Waals surface area (Å²) in [5, 5.41) is 3.36. The van der Waals surface area contributed by atoms with E-state index in [1.807, 2.05) is 6.92 Å². The van der Waals surface area contributed by atoms with E-state index in [1.165, 1.54) is 18.4 Å². The fourth-order valence-electron chi connectivity index (χ4n) is 4.44. The Bertz CT molecular complexity index is 786. The average Bonchev–Trinajstić information content (AvgIpc) is 2.89. The van der Waals surface area contributed by atoms with Crippen LogP contribution in [0.4, 0.5) is 17.5 Å². The van der Waals surface area contributed by atoms with Crippen LogP contribution in [0.3, 0.4) is 0 Å². The fourth-order valence-corrected chi connectivity index (χ4v) is 4.44. The number of nitrogens with one attached hydrogen (secondary N) is 1. The number of hydrogen-bond acceptors (Lipinski definition) is 6. The molecule has 2 aliphatic heterocycles. The van der Waals surface area contributed by atoms with Crippen LogP contribution < -0.4 is 10.2 Å². The highest BCUT2D eigenvalue weighted by molar-refractivity contribution is 5.58. The summed E-state index contributed by atoms with van der Waals surface area (Å²) in [6.07, 6.45) is 6.33. The van der Waals surface area contributed by atoms with E-state index >= 15 is 0 Å². The van der Waals surface area contributed by atoms with Gasteiger partial charge < -0.3 is 15.1 Å². The lowest BCUT2D eigenvalue weighted by molar-refractivity contribution is 0.190. The van der Waals surface area contributed by atoms with E-state index in [-0.39, 0.29) is 0 Å². The molecular formula is C20H26N6. The molecule has 0 spiro atoms. The molecule has 26 heavy (non-hydrogen) atoms. The summed E-state index contributed by atoms with van der Waals surface area (Å²) in [6, 6.07) is 4.50. The number of likely N-dealkylation sites (N-methyl/N-ethyl adjacent to an activating group) is 1. The van der Waals surface area contributed by atoms with Crippen LogP contribution in [0.25, 0.3) is 0 Å². The van der Waals surface area contributed by atoms with Crippen LogP contribution in [-0.2, 0) is 0 Å². The van der Waals surface area contributed by atoms with Gasteiger partial charge in [0.25, 0.3) is 0 Å². The molecule has 3 aliphatic rings. The summed E-state index contributed by atoms with van der Waals surface area (Å²) < 4.78 is 0. The van der Waals surface area contributed by atoms with Crippen molar-refractivity contribution in [3.63, 3.8) is 0 Å². The van der Waals surface area contributed by atoms with Gasteiger partial charge in [-0.3, -0.25) is 4.98 Å². The highest BCUT2D eigenvalue weighted by Gasteiger charge is 2.40. The summed E-state index contributed by atoms with van der Waals surface area (Å²) in [7, 11) is 2.18. The molecule has 2 aromatic rings. The van der Waals surface area contributed by atoms with E-state index in [0.717, 1.165) is 61.2 Å². The summed E-state index contributed by atoms with van der Waals surface area (Å²) in [6.45, 7) is 6.52. The summed E-state index contributed by atoms with van der Waals surface area (Å²) in [4.78, 5) is 18.5. The van der Waals surface area contributed by atoms with Crippen LogP contribution in [0, 0.1) is 18.8 Å². The maximum atomic E-state index is 4.92. The van der Waals surface area contributed by atoms with Gasteiger partial charge in [0, 0.05) is 32.1 Å². The van der Waals surface area contributed by atoms with Gasteiger partial charge in [-0.15, -0.1) is 0 Å². The van der Waals surface area contributed by atoms with E-state index in [0.29, 0.717) is 5.92 Å². The molecule has 6 heteroatoms. The van der Waals surface area contributed by atoms with Gasteiger partial charge in [0.15, 0.2) is 0 Å². The zero-order valence-corrected chi connectivity index (χ0v) is 15.5. The van der Waals surface area contributed by atoms with Gasteiger partial charge in [0.2, 0.25) is 0 Å². The Morgan fingerprint density at radius 2 is 1.73 bits per heavy atom. The van der Waals surface area contributed by atoms with Crippen molar-refractivity contribution in [2.75, 3.05) is 43.4 Å². The minimum absolute atomic E-state index is 0.603. The average molecular weight is 350 g/mol. The lowest BCUT2D eigenvalue weighted by atomic mass is 9.77. The SMILES string of the molecule is Cc1cnc(Nc2cc(C3CN(C)C3)cc(N3CC4CCC4C3)n2)cn1. The second-order valence-electron chi connectivity index (χ2n) is 8.23. The quantitative estimate of drug-likeness (QED) is 0.915. The monoisotopic (exact) mass is 350 g/mol. The maximum absolute atomic E-state index is 4.92. The second-order valence-corrected chi connectivity index (χ2v) is 8.23. The third-order valence-electron chi connectivity index (χ3n) is 6.22. The van der Waals surface area contributed by atoms with Crippen molar-refractivity contribution in [1.29, 1.82) is 0 Å². The van der Waals surface area contributed by atoms with Crippen molar-refractivity contribution in [1.82, 2.24) is 19.9 Å². The first-order valence-corrected chi connectivity index (χ1v) is 9.65. The molecule has 2 atom stereocenters. The Balaban J connectivity index is 1.44. The van der Waals surface area contributed by atoms with Crippen LogP contribution in [0.1, 0.15) is 30.0 Å². The van der Waals surface area contributed by atoms with Gasteiger partial charge in [-0.05, 0) is 56.3 Å². The number of aromatic nitrogens is 3. The van der Waals surface area contributed by atoms with E-state index in [1.54, 1.807) is 12.4 Å². The number of hydrogen-bond donors (Lipinski definition) is 1. The van der Waals surface area contributed by atoms with Gasteiger partial charge in [-0.1, -0.05) is 0 Å². The molecule has 5 rings (SSSR count). The Morgan fingerprint density at radius 3 is 2.35 bits per heavy atom. The van der Waals surface area contributed by atoms with Crippen LogP contribution >= 0.6 is 0 Å². The molecule has 2 unspecified atom stereocenters. The number of anilines is 3. The number of rotatable bonds is 4. The summed E-state index contributed by atoms with van der Waals surface area (Å²) in [5.41, 5.74) is 2.30. The number of likely N-dealkylation sites (tertiary alicyclic amines) is 1. The Labute approximate surface area is 154 Å². The van der Waals surface area contributed by atoms with Gasteiger partial charge in [0.1, 0.15) is 17.5 Å². The van der Waals surface area contributed by atoms with Crippen LogP contribution in [0.5, 0.6) is 0 Å². The number of nitrogens with zero attached hydrogens (tertiary/aromatic N) is 5. The predicted octanol–water partition coefficient (Wildman–Crippen LogP) is 2.80. The Morgan fingerprint density at radius 1 is 0.962 bits per heavy atom. The molecule has 1 N–H and O–H groups in total. The number of fused-ring (bicyclic) bond motifs is 1. The van der Waals surface area contributed by atoms with Crippen molar-refractivity contribution in [2.45, 2.75) is 25.7 Å². The Kier molecular flexibility index (Phi) is 3.81. The largest absolute Gasteiger partial charge is 0.356 e. The topological polar surface area (TPSA) is 57.2 Å². The molecule has 0 radical (unpaired) electrons. The molecule has 0 bridgehead atoms. The first-order valence-electron chi connectivity index (χ1n) is 9.65. The lowest BCUT2D eigenvalue weighted by Crippen LogP contribution is -2.41. The zero-order valence-electron chi connectivity index (χ0n) is 15.5. The van der Waals surface area contributed by atoms with Crippen LogP contribution in [0.15, 0.2) is 24.5 Å². The standard InChI is InChI=1S/C20H26N6/c1-13-7-22-19(8-21-13)23-18-5-16(17-9-25(2)10-17)6-20(24-18)26-11-14-3-4-15(14)12-26/h5-8,14-15,17H,3-4,9-12H2,1-2H3,(H,22,23,24). The van der Waals surface area contributed by atoms with Gasteiger partial charge in [-0.2, -0.15) is 0 Å². The normalized spacial score (nSPS) is 25.5. The maximum Gasteiger partial charge on any atom is 0.150 e. The molecule has 0 aromatic carbocycles. The van der Waals surface area contributed by atoms with Crippen molar-refractivity contribution in [2.24, 2.45) is 11.8 Å². The van der Waals surface area contributed by atoms with E-state index in [4.69, 9.17) is 4.98 Å². The molecule has 2 saturated heterocycles. The summed E-state index contributed by atoms with van der Waals surface area (Å²) in [5.74, 6) is 5.12. The smallest absolute Gasteiger partial charge is 0.150 e. The highest BCUT2D eigenvalue weighted by Crippen LogP contribution is 2.42. The van der Waals surface area contributed by atoms with Crippen molar-refractivity contribution >= 4 is 17.5 Å². The predicted molar refractivity (Wildman–Crippen MR) is 103 cm³/mol.